The Hall–Kier alpha value is -2.67. The molecular formula is C21H22F5N3O4S. The molecule has 2 aromatic rings. The second-order valence-corrected chi connectivity index (χ2v) is 9.61. The lowest BCUT2D eigenvalue weighted by Gasteiger charge is -2.33. The Kier molecular flexibility index (Phi) is 7.56. The number of carbonyl (C=O) groups is 1. The van der Waals surface area contributed by atoms with Crippen molar-refractivity contribution in [3.8, 4) is 0 Å². The van der Waals surface area contributed by atoms with Gasteiger partial charge in [-0.1, -0.05) is 6.07 Å². The second-order valence-electron chi connectivity index (χ2n) is 8.01. The molecule has 186 valence electrons. The van der Waals surface area contributed by atoms with E-state index >= 15 is 0 Å². The summed E-state index contributed by atoms with van der Waals surface area (Å²) in [5.74, 6) is -2.55. The lowest BCUT2D eigenvalue weighted by atomic mass is 9.89. The summed E-state index contributed by atoms with van der Waals surface area (Å²) >= 11 is 0. The first kappa shape index (κ1) is 25.9. The van der Waals surface area contributed by atoms with E-state index in [2.05, 4.69) is 14.2 Å². The van der Waals surface area contributed by atoms with Crippen LogP contribution in [0, 0.1) is 18.6 Å². The van der Waals surface area contributed by atoms with Gasteiger partial charge in [-0.15, -0.1) is 0 Å². The van der Waals surface area contributed by atoms with Crippen LogP contribution in [0.4, 0.5) is 22.0 Å². The number of amides is 1. The van der Waals surface area contributed by atoms with Crippen LogP contribution in [-0.4, -0.2) is 54.7 Å². The average Bonchev–Trinajstić information content (AvgIpc) is 2.73. The van der Waals surface area contributed by atoms with Crippen LogP contribution in [0.25, 0.3) is 0 Å². The zero-order valence-corrected chi connectivity index (χ0v) is 19.1. The number of hydrogen-bond donors (Lipinski definition) is 0. The maximum atomic E-state index is 13.9. The van der Waals surface area contributed by atoms with Gasteiger partial charge in [0.25, 0.3) is 10.1 Å². The van der Waals surface area contributed by atoms with E-state index in [1.54, 1.807) is 0 Å². The van der Waals surface area contributed by atoms with Gasteiger partial charge in [0.15, 0.2) is 0 Å². The number of benzene rings is 1. The van der Waals surface area contributed by atoms with Gasteiger partial charge in [-0.05, 0) is 31.9 Å². The van der Waals surface area contributed by atoms with Gasteiger partial charge in [-0.25, -0.2) is 18.7 Å². The molecule has 7 nitrogen and oxygen atoms in total. The molecule has 1 aromatic heterocycles. The van der Waals surface area contributed by atoms with Crippen molar-refractivity contribution in [2.45, 2.75) is 44.4 Å². The summed E-state index contributed by atoms with van der Waals surface area (Å²) in [4.78, 5) is 21.9. The monoisotopic (exact) mass is 507 g/mol. The Bertz CT molecular complexity index is 1150. The summed E-state index contributed by atoms with van der Waals surface area (Å²) < 4.78 is 96.0. The first-order valence-electron chi connectivity index (χ1n) is 10.3. The van der Waals surface area contributed by atoms with Crippen LogP contribution < -0.4 is 0 Å². The van der Waals surface area contributed by atoms with Crippen molar-refractivity contribution in [2.24, 2.45) is 0 Å². The molecule has 0 N–H and O–H groups in total. The smallest absolute Gasteiger partial charge is 0.342 e. The van der Waals surface area contributed by atoms with Gasteiger partial charge in [0, 0.05) is 36.3 Å². The normalized spacial score (nSPS) is 16.5. The number of halogens is 5. The fourth-order valence-corrected chi connectivity index (χ4v) is 4.41. The van der Waals surface area contributed by atoms with Crippen LogP contribution in [0.15, 0.2) is 24.4 Å². The number of likely N-dealkylation sites (tertiary alicyclic amines) is 1. The highest BCUT2D eigenvalue weighted by molar-refractivity contribution is 7.86. The van der Waals surface area contributed by atoms with Crippen molar-refractivity contribution in [3.05, 3.63) is 58.7 Å². The molecule has 2 heterocycles. The molecule has 0 bridgehead atoms. The first-order valence-corrected chi connectivity index (χ1v) is 12.1. The summed E-state index contributed by atoms with van der Waals surface area (Å²) in [5.41, 5.74) is -0.873. The molecular weight excluding hydrogens is 485 g/mol. The molecule has 1 unspecified atom stereocenters. The van der Waals surface area contributed by atoms with Crippen LogP contribution in [0.3, 0.4) is 0 Å². The molecule has 1 saturated heterocycles. The van der Waals surface area contributed by atoms with Crippen LogP contribution in [-0.2, 0) is 25.5 Å². The second kappa shape index (κ2) is 9.90. The minimum atomic E-state index is -5.04. The zero-order valence-electron chi connectivity index (χ0n) is 18.3. The van der Waals surface area contributed by atoms with Crippen LogP contribution in [0.2, 0.25) is 0 Å². The molecule has 1 aliphatic rings. The highest BCUT2D eigenvalue weighted by Crippen LogP contribution is 2.41. The molecule has 13 heteroatoms. The Morgan fingerprint density at radius 3 is 2.32 bits per heavy atom. The number of nitrogens with zero attached hydrogens (tertiary/aromatic N) is 3. The predicted octanol–water partition coefficient (Wildman–Crippen LogP) is 3.59. The van der Waals surface area contributed by atoms with Gasteiger partial charge in [0.1, 0.15) is 17.5 Å². The van der Waals surface area contributed by atoms with E-state index in [4.69, 9.17) is 0 Å². The van der Waals surface area contributed by atoms with Crippen LogP contribution >= 0.6 is 0 Å². The van der Waals surface area contributed by atoms with E-state index in [-0.39, 0.29) is 43.0 Å². The fraction of sp³-hybridized carbons (Fsp3) is 0.476. The maximum Gasteiger partial charge on any atom is 0.420 e. The molecule has 0 radical (unpaired) electrons. The third-order valence-electron chi connectivity index (χ3n) is 5.44. The standard InChI is InChI=1S/C21H22F5N3O4S/c1-12-27-11-15(20(21(24,25)26)33-34(2,31)32)19(28-12)13-6-8-29(9-7-13)18(30)10-14-16(22)4-3-5-17(14)23/h3-5,11,13,20H,6-10H2,1-2H3. The van der Waals surface area contributed by atoms with Gasteiger partial charge < -0.3 is 4.90 Å². The van der Waals surface area contributed by atoms with E-state index < -0.39 is 57.8 Å². The molecule has 0 saturated carbocycles. The summed E-state index contributed by atoms with van der Waals surface area (Å²) in [5, 5.41) is 0. The number of alkyl halides is 3. The Labute approximate surface area is 193 Å². The summed E-state index contributed by atoms with van der Waals surface area (Å²) in [6.07, 6.45) is -6.47. The lowest BCUT2D eigenvalue weighted by molar-refractivity contribution is -0.197. The van der Waals surface area contributed by atoms with Crippen molar-refractivity contribution in [2.75, 3.05) is 19.3 Å². The number of piperidine rings is 1. The predicted molar refractivity (Wildman–Crippen MR) is 110 cm³/mol. The van der Waals surface area contributed by atoms with Crippen molar-refractivity contribution in [1.82, 2.24) is 14.9 Å². The Morgan fingerprint density at radius 2 is 1.79 bits per heavy atom. The van der Waals surface area contributed by atoms with E-state index in [1.165, 1.54) is 17.9 Å². The summed E-state index contributed by atoms with van der Waals surface area (Å²) in [6, 6.07) is 3.28. The minimum absolute atomic E-state index is 0.00859. The van der Waals surface area contributed by atoms with Gasteiger partial charge >= 0.3 is 6.18 Å². The number of rotatable bonds is 6. The zero-order chi connectivity index (χ0) is 25.3. The van der Waals surface area contributed by atoms with Gasteiger partial charge in [-0.2, -0.15) is 21.6 Å². The van der Waals surface area contributed by atoms with Gasteiger partial charge in [0.2, 0.25) is 12.0 Å². The highest BCUT2D eigenvalue weighted by atomic mass is 32.2. The van der Waals surface area contributed by atoms with Gasteiger partial charge in [0.05, 0.1) is 18.4 Å². The van der Waals surface area contributed by atoms with E-state index in [0.29, 0.717) is 6.26 Å². The Morgan fingerprint density at radius 1 is 1.21 bits per heavy atom. The van der Waals surface area contributed by atoms with Crippen molar-refractivity contribution >= 4 is 16.0 Å². The molecule has 1 atom stereocenters. The van der Waals surface area contributed by atoms with Crippen LogP contribution in [0.5, 0.6) is 0 Å². The third kappa shape index (κ3) is 6.26. The summed E-state index contributed by atoms with van der Waals surface area (Å²) in [7, 11) is -4.46. The van der Waals surface area contributed by atoms with Gasteiger partial charge in [-0.3, -0.25) is 8.98 Å². The lowest BCUT2D eigenvalue weighted by Crippen LogP contribution is -2.39. The number of aromatic nitrogens is 2. The molecule has 0 aliphatic carbocycles. The van der Waals surface area contributed by atoms with E-state index in [9.17, 15) is 35.2 Å². The number of aryl methyl sites for hydroxylation is 1. The molecule has 1 fully saturated rings. The SMILES string of the molecule is Cc1ncc(C(OS(C)(=O)=O)C(F)(F)F)c(C2CCN(C(=O)Cc3c(F)cccc3F)CC2)n1. The molecule has 1 aromatic carbocycles. The average molecular weight is 507 g/mol. The number of carbonyl (C=O) groups excluding carboxylic acids is 1. The minimum Gasteiger partial charge on any atom is -0.342 e. The molecule has 0 spiro atoms. The van der Waals surface area contributed by atoms with Crippen molar-refractivity contribution < 1.29 is 39.3 Å². The van der Waals surface area contributed by atoms with E-state index in [1.807, 2.05) is 0 Å². The fourth-order valence-electron chi connectivity index (χ4n) is 3.85. The van der Waals surface area contributed by atoms with Crippen LogP contribution in [0.1, 0.15) is 47.5 Å². The third-order valence-corrected chi connectivity index (χ3v) is 5.99. The molecule has 1 aliphatic heterocycles. The quantitative estimate of drug-likeness (QED) is 0.439. The van der Waals surface area contributed by atoms with E-state index in [0.717, 1.165) is 18.3 Å². The first-order chi connectivity index (χ1) is 15.8. The molecule has 3 rings (SSSR count). The Balaban J connectivity index is 1.80. The molecule has 1 amide bonds. The largest absolute Gasteiger partial charge is 0.420 e. The highest BCUT2D eigenvalue weighted by Gasteiger charge is 2.46. The maximum absolute atomic E-state index is 13.9. The number of hydrogen-bond acceptors (Lipinski definition) is 6. The topological polar surface area (TPSA) is 89.5 Å². The van der Waals surface area contributed by atoms with Crippen molar-refractivity contribution in [1.29, 1.82) is 0 Å². The summed E-state index contributed by atoms with van der Waals surface area (Å²) in [6.45, 7) is 1.71. The molecule has 34 heavy (non-hydrogen) atoms. The van der Waals surface area contributed by atoms with Crippen molar-refractivity contribution in [3.63, 3.8) is 0 Å².